The van der Waals surface area contributed by atoms with Crippen LogP contribution in [0.3, 0.4) is 0 Å². The van der Waals surface area contributed by atoms with Gasteiger partial charge in [0, 0.05) is 17.6 Å². The Labute approximate surface area is 144 Å². The zero-order valence-electron chi connectivity index (χ0n) is 16.4. The zero-order valence-corrected chi connectivity index (χ0v) is 16.4. The summed E-state index contributed by atoms with van der Waals surface area (Å²) in [5.74, 6) is 5.03. The van der Waals surface area contributed by atoms with E-state index in [4.69, 9.17) is 11.6 Å². The van der Waals surface area contributed by atoms with Crippen LogP contribution in [0, 0.1) is 0 Å². The third kappa shape index (κ3) is 10.3. The highest BCUT2D eigenvalue weighted by Gasteiger charge is 2.38. The van der Waals surface area contributed by atoms with Crippen LogP contribution in [0.25, 0.3) is 0 Å². The Bertz CT molecular complexity index is 253. The second-order valence-corrected chi connectivity index (χ2v) is 8.02. The van der Waals surface area contributed by atoms with Gasteiger partial charge in [-0.3, -0.25) is 10.7 Å². The van der Waals surface area contributed by atoms with Gasteiger partial charge in [-0.25, -0.2) is 5.43 Å². The lowest BCUT2D eigenvalue weighted by atomic mass is 9.80. The molecule has 1 aliphatic rings. The molecule has 0 radical (unpaired) electrons. The Hall–Kier alpha value is -0.200. The molecule has 0 spiro atoms. The molecule has 0 unspecified atom stereocenters. The molecule has 0 aromatic carbocycles. The van der Waals surface area contributed by atoms with Gasteiger partial charge in [0.25, 0.3) is 0 Å². The first-order valence-electron chi connectivity index (χ1n) is 9.40. The molecule has 1 rings (SSSR count). The van der Waals surface area contributed by atoms with E-state index in [2.05, 4.69) is 50.6 Å². The molecule has 0 atom stereocenters. The summed E-state index contributed by atoms with van der Waals surface area (Å²) in [7, 11) is 2.25. The highest BCUT2D eigenvalue weighted by atomic mass is 15.5. The Morgan fingerprint density at radius 3 is 1.78 bits per heavy atom. The lowest BCUT2D eigenvalue weighted by Crippen LogP contribution is -2.56. The molecule has 5 nitrogen and oxygen atoms in total. The van der Waals surface area contributed by atoms with Gasteiger partial charge in [0.1, 0.15) is 0 Å². The van der Waals surface area contributed by atoms with E-state index in [0.29, 0.717) is 11.1 Å². The van der Waals surface area contributed by atoms with E-state index in [1.54, 1.807) is 0 Å². The van der Waals surface area contributed by atoms with Crippen LogP contribution in [-0.4, -0.2) is 36.1 Å². The maximum Gasteiger partial charge on any atom is 0.0155 e. The number of nitrogens with two attached hydrogens (primary N) is 2. The van der Waals surface area contributed by atoms with Gasteiger partial charge in [-0.2, -0.15) is 5.53 Å². The minimum atomic E-state index is 0.405. The molecule has 6 N–H and O–H groups in total. The van der Waals surface area contributed by atoms with Crippen molar-refractivity contribution in [1.29, 1.82) is 0 Å². The molecule has 1 aliphatic heterocycles. The van der Waals surface area contributed by atoms with Crippen molar-refractivity contribution < 1.29 is 0 Å². The number of unbranched alkanes of at least 4 members (excludes halogenated alkanes) is 5. The van der Waals surface area contributed by atoms with E-state index in [1.807, 2.05) is 0 Å². The standard InChI is InChI=1S/C10H21N.C8H22N4/c1-9(2)7-6-8-10(3,4)11(9)5;9-7-5-3-1-2-4-6-8-11-12-10/h6-8H2,1-5H3;11-12H,1-10H2. The van der Waals surface area contributed by atoms with Gasteiger partial charge in [0.05, 0.1) is 0 Å². The molecule has 0 aromatic heterocycles. The molecule has 1 saturated heterocycles. The number of hydrazine groups is 2. The molecule has 0 bridgehead atoms. The highest BCUT2D eigenvalue weighted by Crippen LogP contribution is 2.36. The first-order valence-corrected chi connectivity index (χ1v) is 9.40. The minimum absolute atomic E-state index is 0.405. The Morgan fingerprint density at radius 2 is 1.35 bits per heavy atom. The van der Waals surface area contributed by atoms with E-state index in [-0.39, 0.29) is 0 Å². The summed E-state index contributed by atoms with van der Waals surface area (Å²) in [6.07, 6.45) is 11.6. The third-order valence-electron chi connectivity index (χ3n) is 5.25. The first-order chi connectivity index (χ1) is 10.8. The zero-order chi connectivity index (χ0) is 17.8. The van der Waals surface area contributed by atoms with Crippen LogP contribution in [0.2, 0.25) is 0 Å². The number of nitrogens with zero attached hydrogens (tertiary/aromatic N) is 1. The maximum absolute atomic E-state index is 5.38. The van der Waals surface area contributed by atoms with Crippen LogP contribution < -0.4 is 22.5 Å². The molecule has 140 valence electrons. The van der Waals surface area contributed by atoms with Gasteiger partial charge in [-0.15, -0.1) is 0 Å². The topological polar surface area (TPSA) is 79.3 Å². The average molecular weight is 330 g/mol. The highest BCUT2D eigenvalue weighted by molar-refractivity contribution is 4.94. The summed E-state index contributed by atoms with van der Waals surface area (Å²) in [5, 5.41) is 0. The first kappa shape index (κ1) is 22.8. The van der Waals surface area contributed by atoms with Crippen molar-refractivity contribution in [2.75, 3.05) is 20.1 Å². The predicted molar refractivity (Wildman–Crippen MR) is 102 cm³/mol. The quantitative estimate of drug-likeness (QED) is 0.297. The lowest BCUT2D eigenvalue weighted by Gasteiger charge is -2.50. The van der Waals surface area contributed by atoms with Crippen LogP contribution in [-0.2, 0) is 0 Å². The number of hydrogen-bond acceptors (Lipinski definition) is 5. The second-order valence-electron chi connectivity index (χ2n) is 8.02. The molecule has 0 aromatic rings. The van der Waals surface area contributed by atoms with E-state index in [9.17, 15) is 0 Å². The summed E-state index contributed by atoms with van der Waals surface area (Å²) in [6.45, 7) is 11.1. The molecule has 0 saturated carbocycles. The Morgan fingerprint density at radius 1 is 0.870 bits per heavy atom. The molecule has 0 amide bonds. The van der Waals surface area contributed by atoms with Crippen molar-refractivity contribution in [3.05, 3.63) is 0 Å². The monoisotopic (exact) mass is 329 g/mol. The SMILES string of the molecule is CN1C(C)(C)CCCC1(C)C.NCCCCCCCCNNN. The number of nitrogens with one attached hydrogen (secondary N) is 2. The number of hydrogen-bond donors (Lipinski definition) is 4. The van der Waals surface area contributed by atoms with Crippen LogP contribution in [0.15, 0.2) is 0 Å². The van der Waals surface area contributed by atoms with Crippen molar-refractivity contribution in [2.24, 2.45) is 11.6 Å². The third-order valence-corrected chi connectivity index (χ3v) is 5.25. The van der Waals surface area contributed by atoms with Crippen LogP contribution >= 0.6 is 0 Å². The minimum Gasteiger partial charge on any atom is -0.330 e. The second kappa shape index (κ2) is 12.2. The fourth-order valence-corrected chi connectivity index (χ4v) is 3.25. The van der Waals surface area contributed by atoms with Crippen LogP contribution in [0.4, 0.5) is 0 Å². The smallest absolute Gasteiger partial charge is 0.0155 e. The fraction of sp³-hybridized carbons (Fsp3) is 1.00. The van der Waals surface area contributed by atoms with Gasteiger partial charge < -0.3 is 5.73 Å². The van der Waals surface area contributed by atoms with Crippen LogP contribution in [0.5, 0.6) is 0 Å². The van der Waals surface area contributed by atoms with Gasteiger partial charge in [-0.05, 0) is 73.4 Å². The normalized spacial score (nSPS) is 20.0. The van der Waals surface area contributed by atoms with Gasteiger partial charge in [-0.1, -0.05) is 25.7 Å². The van der Waals surface area contributed by atoms with Crippen LogP contribution in [0.1, 0.15) is 85.5 Å². The van der Waals surface area contributed by atoms with Crippen molar-refractivity contribution in [2.45, 2.75) is 96.6 Å². The summed E-state index contributed by atoms with van der Waals surface area (Å²) in [4.78, 5) is 2.52. The largest absolute Gasteiger partial charge is 0.330 e. The molecule has 23 heavy (non-hydrogen) atoms. The fourth-order valence-electron chi connectivity index (χ4n) is 3.25. The number of likely N-dealkylation sites (tertiary alicyclic amines) is 1. The van der Waals surface area contributed by atoms with Gasteiger partial charge >= 0.3 is 0 Å². The Kier molecular flexibility index (Phi) is 12.1. The molecule has 1 heterocycles. The molecular weight excluding hydrogens is 286 g/mol. The van der Waals surface area contributed by atoms with E-state index in [0.717, 1.165) is 13.1 Å². The summed E-state index contributed by atoms with van der Waals surface area (Å²) in [5.41, 5.74) is 11.5. The summed E-state index contributed by atoms with van der Waals surface area (Å²) >= 11 is 0. The summed E-state index contributed by atoms with van der Waals surface area (Å²) in [6, 6.07) is 0. The average Bonchev–Trinajstić information content (AvgIpc) is 2.48. The Balaban J connectivity index is 0.000000422. The predicted octanol–water partition coefficient (Wildman–Crippen LogP) is 2.91. The van der Waals surface area contributed by atoms with E-state index in [1.165, 1.54) is 57.8 Å². The van der Waals surface area contributed by atoms with Crippen molar-refractivity contribution in [3.63, 3.8) is 0 Å². The number of piperidine rings is 1. The van der Waals surface area contributed by atoms with E-state index < -0.39 is 0 Å². The van der Waals surface area contributed by atoms with Gasteiger partial charge in [0.2, 0.25) is 0 Å². The number of rotatable bonds is 9. The van der Waals surface area contributed by atoms with Gasteiger partial charge in [0.15, 0.2) is 0 Å². The maximum atomic E-state index is 5.38. The molecule has 0 aliphatic carbocycles. The lowest BCUT2D eigenvalue weighted by molar-refractivity contribution is -0.00199. The van der Waals surface area contributed by atoms with E-state index >= 15 is 0 Å². The molecular formula is C18H43N5. The molecule has 1 fully saturated rings. The van der Waals surface area contributed by atoms with Crippen molar-refractivity contribution in [3.8, 4) is 0 Å². The van der Waals surface area contributed by atoms with Crippen molar-refractivity contribution >= 4 is 0 Å². The summed E-state index contributed by atoms with van der Waals surface area (Å²) < 4.78 is 0. The van der Waals surface area contributed by atoms with Crippen molar-refractivity contribution in [1.82, 2.24) is 15.9 Å². The molecule has 5 heteroatoms.